The summed E-state index contributed by atoms with van der Waals surface area (Å²) in [6.45, 7) is 5.18. The number of nitrogens with zero attached hydrogens (tertiary/aromatic N) is 2. The Balaban J connectivity index is 1.49. The molecule has 0 aliphatic carbocycles. The van der Waals surface area contributed by atoms with Crippen molar-refractivity contribution < 1.29 is 18.7 Å². The highest BCUT2D eigenvalue weighted by Crippen LogP contribution is 2.26. The Hall–Kier alpha value is -3.45. The maximum atomic E-state index is 12.9. The standard InChI is InChI=1S/C25H27N3O4/c1-16-22(14-27-24(29)23(31-3)18-7-5-4-6-8-18)21-9-11-28(15-19(21)13-26-16)25(30)20-10-12-32-17(20)2/h4-8,10,12-13,23H,9,11,14-15H2,1-3H3,(H,27,29). The average molecular weight is 434 g/mol. The highest BCUT2D eigenvalue weighted by molar-refractivity contribution is 5.95. The molecule has 166 valence electrons. The summed E-state index contributed by atoms with van der Waals surface area (Å²) >= 11 is 0. The molecule has 1 aromatic carbocycles. The quantitative estimate of drug-likeness (QED) is 0.643. The van der Waals surface area contributed by atoms with E-state index in [-0.39, 0.29) is 11.8 Å². The largest absolute Gasteiger partial charge is 0.469 e. The van der Waals surface area contributed by atoms with E-state index in [1.165, 1.54) is 13.4 Å². The first kappa shape index (κ1) is 21.8. The molecule has 1 unspecified atom stereocenters. The second-order valence-electron chi connectivity index (χ2n) is 7.94. The van der Waals surface area contributed by atoms with Gasteiger partial charge < -0.3 is 19.4 Å². The Labute approximate surface area is 187 Å². The van der Waals surface area contributed by atoms with Crippen LogP contribution in [0.25, 0.3) is 0 Å². The van der Waals surface area contributed by atoms with E-state index in [0.29, 0.717) is 37.4 Å². The van der Waals surface area contributed by atoms with Gasteiger partial charge >= 0.3 is 0 Å². The number of carbonyl (C=O) groups is 2. The molecular formula is C25H27N3O4. The Morgan fingerprint density at radius 3 is 2.69 bits per heavy atom. The van der Waals surface area contributed by atoms with Crippen molar-refractivity contribution in [2.75, 3.05) is 13.7 Å². The van der Waals surface area contributed by atoms with Crippen molar-refractivity contribution in [3.05, 3.63) is 88.1 Å². The van der Waals surface area contributed by atoms with Crippen LogP contribution in [0.1, 0.15) is 50.2 Å². The molecule has 1 aliphatic heterocycles. The third kappa shape index (κ3) is 4.29. The lowest BCUT2D eigenvalue weighted by Gasteiger charge is -2.30. The van der Waals surface area contributed by atoms with Gasteiger partial charge in [0.1, 0.15) is 5.76 Å². The van der Waals surface area contributed by atoms with Crippen LogP contribution in [0.15, 0.2) is 53.3 Å². The second-order valence-corrected chi connectivity index (χ2v) is 7.94. The van der Waals surface area contributed by atoms with Crippen molar-refractivity contribution in [3.8, 4) is 0 Å². The fraction of sp³-hybridized carbons (Fsp3) is 0.320. The summed E-state index contributed by atoms with van der Waals surface area (Å²) in [4.78, 5) is 32.0. The lowest BCUT2D eigenvalue weighted by molar-refractivity contribution is -0.131. The topological polar surface area (TPSA) is 84.7 Å². The number of ether oxygens (including phenoxy) is 1. The van der Waals surface area contributed by atoms with Gasteiger partial charge in [0.05, 0.1) is 11.8 Å². The number of carbonyl (C=O) groups excluding carboxylic acids is 2. The van der Waals surface area contributed by atoms with Crippen molar-refractivity contribution in [1.29, 1.82) is 0 Å². The molecule has 7 nitrogen and oxygen atoms in total. The molecule has 0 bridgehead atoms. The summed E-state index contributed by atoms with van der Waals surface area (Å²) < 4.78 is 10.7. The number of aromatic nitrogens is 1. The number of methoxy groups -OCH3 is 1. The van der Waals surface area contributed by atoms with Gasteiger partial charge in [0, 0.05) is 38.6 Å². The lowest BCUT2D eigenvalue weighted by atomic mass is 9.94. The smallest absolute Gasteiger partial charge is 0.257 e. The number of benzene rings is 1. The molecule has 2 aromatic heterocycles. The Kier molecular flexibility index (Phi) is 6.37. The van der Waals surface area contributed by atoms with Crippen molar-refractivity contribution in [2.45, 2.75) is 39.5 Å². The zero-order chi connectivity index (χ0) is 22.7. The highest BCUT2D eigenvalue weighted by Gasteiger charge is 2.27. The fourth-order valence-corrected chi connectivity index (χ4v) is 4.20. The van der Waals surface area contributed by atoms with Crippen LogP contribution in [0.2, 0.25) is 0 Å². The molecule has 0 spiro atoms. The lowest BCUT2D eigenvalue weighted by Crippen LogP contribution is -2.37. The molecular weight excluding hydrogens is 406 g/mol. The number of aryl methyl sites for hydroxylation is 2. The Bertz CT molecular complexity index is 1120. The molecule has 0 radical (unpaired) electrons. The van der Waals surface area contributed by atoms with E-state index >= 15 is 0 Å². The molecule has 4 rings (SSSR count). The molecule has 3 aromatic rings. The van der Waals surface area contributed by atoms with Crippen LogP contribution in [0.3, 0.4) is 0 Å². The van der Waals surface area contributed by atoms with Crippen molar-refractivity contribution in [1.82, 2.24) is 15.2 Å². The van der Waals surface area contributed by atoms with Gasteiger partial charge in [-0.2, -0.15) is 0 Å². The molecule has 2 amide bonds. The summed E-state index contributed by atoms with van der Waals surface area (Å²) in [6, 6.07) is 11.1. The zero-order valence-corrected chi connectivity index (χ0v) is 18.6. The number of nitrogens with one attached hydrogen (secondary N) is 1. The van der Waals surface area contributed by atoms with E-state index in [1.807, 2.05) is 48.4 Å². The third-order valence-corrected chi connectivity index (χ3v) is 5.99. The second kappa shape index (κ2) is 9.36. The molecule has 32 heavy (non-hydrogen) atoms. The third-order valence-electron chi connectivity index (χ3n) is 5.99. The van der Waals surface area contributed by atoms with E-state index < -0.39 is 6.10 Å². The number of pyridine rings is 1. The van der Waals surface area contributed by atoms with Gasteiger partial charge in [-0.05, 0) is 48.6 Å². The summed E-state index contributed by atoms with van der Waals surface area (Å²) in [5.74, 6) is 0.388. The van der Waals surface area contributed by atoms with Gasteiger partial charge in [0.25, 0.3) is 11.8 Å². The molecule has 0 fully saturated rings. The van der Waals surface area contributed by atoms with Gasteiger partial charge in [-0.1, -0.05) is 30.3 Å². The van der Waals surface area contributed by atoms with Gasteiger partial charge in [0.15, 0.2) is 6.10 Å². The van der Waals surface area contributed by atoms with Crippen LogP contribution in [-0.4, -0.2) is 35.4 Å². The number of furan rings is 1. The summed E-state index contributed by atoms with van der Waals surface area (Å²) in [5, 5.41) is 3.01. The van der Waals surface area contributed by atoms with E-state index in [1.54, 1.807) is 13.0 Å². The van der Waals surface area contributed by atoms with Crippen LogP contribution in [0.4, 0.5) is 0 Å². The first-order valence-corrected chi connectivity index (χ1v) is 10.6. The minimum atomic E-state index is -0.671. The van der Waals surface area contributed by atoms with Gasteiger partial charge in [0.2, 0.25) is 0 Å². The summed E-state index contributed by atoms with van der Waals surface area (Å²) in [7, 11) is 1.53. The average Bonchev–Trinajstić information content (AvgIpc) is 3.24. The maximum Gasteiger partial charge on any atom is 0.257 e. The minimum Gasteiger partial charge on any atom is -0.469 e. The van der Waals surface area contributed by atoms with Crippen molar-refractivity contribution >= 4 is 11.8 Å². The number of amides is 2. The van der Waals surface area contributed by atoms with Crippen LogP contribution >= 0.6 is 0 Å². The van der Waals surface area contributed by atoms with Crippen LogP contribution < -0.4 is 5.32 Å². The van der Waals surface area contributed by atoms with E-state index in [0.717, 1.165) is 27.9 Å². The SMILES string of the molecule is COC(C(=O)NCc1c(C)ncc2c1CCN(C(=O)c1ccoc1C)C2)c1ccccc1. The molecule has 1 N–H and O–H groups in total. The number of hydrogen-bond donors (Lipinski definition) is 1. The van der Waals surface area contributed by atoms with Crippen molar-refractivity contribution in [2.24, 2.45) is 0 Å². The normalized spacial score (nSPS) is 14.0. The Morgan fingerprint density at radius 2 is 2.00 bits per heavy atom. The highest BCUT2D eigenvalue weighted by atomic mass is 16.5. The summed E-state index contributed by atoms with van der Waals surface area (Å²) in [5.41, 5.74) is 5.44. The van der Waals surface area contributed by atoms with E-state index in [4.69, 9.17) is 9.15 Å². The molecule has 1 atom stereocenters. The van der Waals surface area contributed by atoms with Gasteiger partial charge in [-0.25, -0.2) is 0 Å². The molecule has 1 aliphatic rings. The van der Waals surface area contributed by atoms with Crippen LogP contribution in [0, 0.1) is 13.8 Å². The van der Waals surface area contributed by atoms with Gasteiger partial charge in [-0.3, -0.25) is 14.6 Å². The predicted octanol–water partition coefficient (Wildman–Crippen LogP) is 3.49. The summed E-state index contributed by atoms with van der Waals surface area (Å²) in [6.07, 6.45) is 3.41. The van der Waals surface area contributed by atoms with E-state index in [9.17, 15) is 9.59 Å². The zero-order valence-electron chi connectivity index (χ0n) is 18.6. The van der Waals surface area contributed by atoms with E-state index in [2.05, 4.69) is 10.3 Å². The Morgan fingerprint density at radius 1 is 1.22 bits per heavy atom. The van der Waals surface area contributed by atoms with Gasteiger partial charge in [-0.15, -0.1) is 0 Å². The first-order chi connectivity index (χ1) is 15.5. The fourth-order valence-electron chi connectivity index (χ4n) is 4.20. The number of rotatable bonds is 6. The van der Waals surface area contributed by atoms with Crippen molar-refractivity contribution in [3.63, 3.8) is 0 Å². The minimum absolute atomic E-state index is 0.0388. The molecule has 0 saturated heterocycles. The molecule has 7 heteroatoms. The number of hydrogen-bond acceptors (Lipinski definition) is 5. The molecule has 3 heterocycles. The maximum absolute atomic E-state index is 12.9. The van der Waals surface area contributed by atoms with Crippen LogP contribution in [0.5, 0.6) is 0 Å². The first-order valence-electron chi connectivity index (χ1n) is 10.6. The van der Waals surface area contributed by atoms with Crippen LogP contribution in [-0.2, 0) is 29.0 Å². The predicted molar refractivity (Wildman–Crippen MR) is 119 cm³/mol. The number of fused-ring (bicyclic) bond motifs is 1. The molecule has 0 saturated carbocycles. The monoisotopic (exact) mass is 433 g/mol.